The number of hydrogen-bond donors (Lipinski definition) is 2. The number of nitrogens with zero attached hydrogens (tertiary/aromatic N) is 3. The molecule has 0 aromatic heterocycles. The number of nitrogens with one attached hydrogen (secondary N) is 2. The molecular weight excluding hydrogens is 330 g/mol. The first-order chi connectivity index (χ1) is 12.4. The van der Waals surface area contributed by atoms with Crippen molar-refractivity contribution in [2.75, 3.05) is 40.8 Å². The maximum absolute atomic E-state index is 12.2. The van der Waals surface area contributed by atoms with Crippen LogP contribution in [-0.4, -0.2) is 74.4 Å². The van der Waals surface area contributed by atoms with Gasteiger partial charge in [-0.05, 0) is 38.0 Å². The summed E-state index contributed by atoms with van der Waals surface area (Å²) < 4.78 is 0. The average Bonchev–Trinajstić information content (AvgIpc) is 2.64. The van der Waals surface area contributed by atoms with Crippen LogP contribution in [0.2, 0.25) is 0 Å². The first-order valence-corrected chi connectivity index (χ1v) is 9.84. The third-order valence-electron chi connectivity index (χ3n) is 5.65. The van der Waals surface area contributed by atoms with Gasteiger partial charge in [0.2, 0.25) is 11.8 Å². The van der Waals surface area contributed by atoms with Crippen molar-refractivity contribution in [1.29, 1.82) is 0 Å². The van der Waals surface area contributed by atoms with E-state index in [1.807, 2.05) is 19.0 Å². The molecule has 2 rings (SSSR count). The molecule has 148 valence electrons. The fourth-order valence-corrected chi connectivity index (χ4v) is 3.99. The molecule has 2 fully saturated rings. The summed E-state index contributed by atoms with van der Waals surface area (Å²) in [5, 5.41) is 6.94. The van der Waals surface area contributed by atoms with Gasteiger partial charge in [0.05, 0.1) is 0 Å². The van der Waals surface area contributed by atoms with E-state index < -0.39 is 0 Å². The van der Waals surface area contributed by atoms with E-state index in [1.54, 1.807) is 18.9 Å². The molecule has 7 nitrogen and oxygen atoms in total. The molecule has 0 radical (unpaired) electrons. The highest BCUT2D eigenvalue weighted by Crippen LogP contribution is 2.25. The van der Waals surface area contributed by atoms with Gasteiger partial charge >= 0.3 is 0 Å². The monoisotopic (exact) mass is 365 g/mol. The van der Waals surface area contributed by atoms with E-state index in [-0.39, 0.29) is 17.7 Å². The lowest BCUT2D eigenvalue weighted by molar-refractivity contribution is -0.134. The summed E-state index contributed by atoms with van der Waals surface area (Å²) in [6.07, 6.45) is 6.07. The van der Waals surface area contributed by atoms with Crippen LogP contribution in [-0.2, 0) is 9.59 Å². The fourth-order valence-electron chi connectivity index (χ4n) is 3.99. The van der Waals surface area contributed by atoms with E-state index in [9.17, 15) is 9.59 Å². The van der Waals surface area contributed by atoms with Crippen LogP contribution in [0.5, 0.6) is 0 Å². The zero-order valence-electron chi connectivity index (χ0n) is 16.8. The Labute approximate surface area is 157 Å². The Hall–Kier alpha value is -1.79. The molecule has 1 saturated carbocycles. The highest BCUT2D eigenvalue weighted by Gasteiger charge is 2.29. The van der Waals surface area contributed by atoms with Gasteiger partial charge in [-0.25, -0.2) is 0 Å². The summed E-state index contributed by atoms with van der Waals surface area (Å²) >= 11 is 0. The van der Waals surface area contributed by atoms with Crippen LogP contribution >= 0.6 is 0 Å². The van der Waals surface area contributed by atoms with Gasteiger partial charge in [-0.1, -0.05) is 6.42 Å². The quantitative estimate of drug-likeness (QED) is 0.577. The lowest BCUT2D eigenvalue weighted by Gasteiger charge is -2.33. The molecule has 0 aromatic rings. The molecule has 0 spiro atoms. The summed E-state index contributed by atoms with van der Waals surface area (Å²) in [5.41, 5.74) is 0. The molecule has 2 unspecified atom stereocenters. The second kappa shape index (κ2) is 9.78. The Morgan fingerprint density at radius 3 is 2.42 bits per heavy atom. The number of aliphatic imine (C=N–C) groups is 1. The number of carbonyl (C=O) groups excluding carboxylic acids is 2. The normalized spacial score (nSPS) is 24.9. The third-order valence-corrected chi connectivity index (χ3v) is 5.65. The van der Waals surface area contributed by atoms with Gasteiger partial charge in [0.15, 0.2) is 5.96 Å². The van der Waals surface area contributed by atoms with Crippen molar-refractivity contribution in [3.8, 4) is 0 Å². The third kappa shape index (κ3) is 5.88. The molecule has 1 saturated heterocycles. The number of likely N-dealkylation sites (tertiary alicyclic amines) is 1. The minimum atomic E-state index is 0.116. The fraction of sp³-hybridized carbons (Fsp3) is 0.842. The molecule has 2 amide bonds. The molecular formula is C19H35N5O2. The molecule has 0 bridgehead atoms. The predicted octanol–water partition coefficient (Wildman–Crippen LogP) is 1.06. The first kappa shape index (κ1) is 20.5. The standard InChI is InChI=1S/C19H35N5O2/c1-14(25)24-10-8-15(9-11-24)13-21-19(20-2)22-17-7-5-6-16(12-17)18(26)23(3)4/h15-17H,5-13H2,1-4H3,(H2,20,21,22). The van der Waals surface area contributed by atoms with Gasteiger partial charge in [0.25, 0.3) is 0 Å². The van der Waals surface area contributed by atoms with E-state index in [0.29, 0.717) is 12.0 Å². The zero-order chi connectivity index (χ0) is 19.1. The van der Waals surface area contributed by atoms with E-state index in [4.69, 9.17) is 0 Å². The Bertz CT molecular complexity index is 512. The van der Waals surface area contributed by atoms with Gasteiger partial charge in [0, 0.05) is 59.7 Å². The summed E-state index contributed by atoms with van der Waals surface area (Å²) in [6, 6.07) is 0.295. The number of guanidine groups is 1. The number of amides is 2. The maximum Gasteiger partial charge on any atom is 0.225 e. The number of piperidine rings is 1. The molecule has 1 aliphatic carbocycles. The molecule has 26 heavy (non-hydrogen) atoms. The van der Waals surface area contributed by atoms with Crippen molar-refractivity contribution < 1.29 is 9.59 Å². The molecule has 7 heteroatoms. The topological polar surface area (TPSA) is 77.0 Å². The minimum absolute atomic E-state index is 0.116. The van der Waals surface area contributed by atoms with Gasteiger partial charge in [0.1, 0.15) is 0 Å². The molecule has 0 aromatic carbocycles. The summed E-state index contributed by atoms with van der Waals surface area (Å²) in [4.78, 5) is 31.6. The Kier molecular flexibility index (Phi) is 7.72. The van der Waals surface area contributed by atoms with E-state index in [2.05, 4.69) is 15.6 Å². The van der Waals surface area contributed by atoms with Crippen LogP contribution in [0.3, 0.4) is 0 Å². The van der Waals surface area contributed by atoms with E-state index in [1.165, 1.54) is 0 Å². The Morgan fingerprint density at radius 1 is 1.15 bits per heavy atom. The zero-order valence-corrected chi connectivity index (χ0v) is 16.8. The van der Waals surface area contributed by atoms with Gasteiger partial charge in [-0.2, -0.15) is 0 Å². The minimum Gasteiger partial charge on any atom is -0.356 e. The molecule has 1 aliphatic heterocycles. The van der Waals surface area contributed by atoms with Crippen molar-refractivity contribution in [2.45, 2.75) is 51.5 Å². The average molecular weight is 366 g/mol. The number of hydrogen-bond acceptors (Lipinski definition) is 3. The van der Waals surface area contributed by atoms with Crippen molar-refractivity contribution in [3.63, 3.8) is 0 Å². The van der Waals surface area contributed by atoms with Crippen molar-refractivity contribution in [2.24, 2.45) is 16.8 Å². The number of rotatable bonds is 4. The predicted molar refractivity (Wildman–Crippen MR) is 104 cm³/mol. The van der Waals surface area contributed by atoms with Crippen LogP contribution in [0.4, 0.5) is 0 Å². The van der Waals surface area contributed by atoms with Crippen LogP contribution in [0.1, 0.15) is 45.4 Å². The lowest BCUT2D eigenvalue weighted by atomic mass is 9.85. The second-order valence-corrected chi connectivity index (χ2v) is 7.84. The van der Waals surface area contributed by atoms with E-state index >= 15 is 0 Å². The summed E-state index contributed by atoms with van der Waals surface area (Å²) in [6.45, 7) is 4.22. The summed E-state index contributed by atoms with van der Waals surface area (Å²) in [5.74, 6) is 1.91. The van der Waals surface area contributed by atoms with Crippen molar-refractivity contribution >= 4 is 17.8 Å². The summed E-state index contributed by atoms with van der Waals surface area (Å²) in [7, 11) is 5.45. The smallest absolute Gasteiger partial charge is 0.225 e. The van der Waals surface area contributed by atoms with Gasteiger partial charge in [-0.15, -0.1) is 0 Å². The highest BCUT2D eigenvalue weighted by molar-refractivity contribution is 5.81. The molecule has 1 heterocycles. The Morgan fingerprint density at radius 2 is 1.85 bits per heavy atom. The largest absolute Gasteiger partial charge is 0.356 e. The Balaban J connectivity index is 1.75. The highest BCUT2D eigenvalue weighted by atomic mass is 16.2. The molecule has 2 atom stereocenters. The first-order valence-electron chi connectivity index (χ1n) is 9.84. The molecule has 2 N–H and O–H groups in total. The van der Waals surface area contributed by atoms with Crippen molar-refractivity contribution in [3.05, 3.63) is 0 Å². The SMILES string of the molecule is CN=C(NCC1CCN(C(C)=O)CC1)NC1CCCC(C(=O)N(C)C)C1. The van der Waals surface area contributed by atoms with Crippen LogP contribution in [0.15, 0.2) is 4.99 Å². The number of carbonyl (C=O) groups is 2. The van der Waals surface area contributed by atoms with E-state index in [0.717, 1.165) is 64.1 Å². The van der Waals surface area contributed by atoms with Gasteiger partial charge in [-0.3, -0.25) is 14.6 Å². The lowest BCUT2D eigenvalue weighted by Crippen LogP contribution is -2.48. The van der Waals surface area contributed by atoms with Crippen molar-refractivity contribution in [1.82, 2.24) is 20.4 Å². The van der Waals surface area contributed by atoms with Gasteiger partial charge < -0.3 is 20.4 Å². The van der Waals surface area contributed by atoms with Crippen LogP contribution < -0.4 is 10.6 Å². The molecule has 2 aliphatic rings. The van der Waals surface area contributed by atoms with Crippen LogP contribution in [0, 0.1) is 11.8 Å². The maximum atomic E-state index is 12.2. The van der Waals surface area contributed by atoms with Crippen LogP contribution in [0.25, 0.3) is 0 Å². The second-order valence-electron chi connectivity index (χ2n) is 7.84.